The standard InChI is InChI=1S/C24H18I2Se2/c25-26-28(20-9-5-2-6-10-20)22-16-14-18-12-11-17-13-15-21(24(22)23(17)18)27-19-7-3-1-4-8-19/h1-10,13-16H,11-12H2. The summed E-state index contributed by atoms with van der Waals surface area (Å²) in [6.45, 7) is 0. The number of hydrogen-bond donors (Lipinski definition) is 0. The molecule has 1 aliphatic carbocycles. The summed E-state index contributed by atoms with van der Waals surface area (Å²) in [5.41, 5.74) is 3.15. The topological polar surface area (TPSA) is 0 Å². The van der Waals surface area contributed by atoms with Crippen molar-refractivity contribution >= 4 is 72.8 Å². The molecule has 4 heteroatoms. The van der Waals surface area contributed by atoms with Crippen LogP contribution in [0.3, 0.4) is 0 Å². The summed E-state index contributed by atoms with van der Waals surface area (Å²) >= 11 is 3.22. The van der Waals surface area contributed by atoms with Gasteiger partial charge in [-0.3, -0.25) is 0 Å². The van der Waals surface area contributed by atoms with Crippen LogP contribution in [0, 0.1) is 0 Å². The summed E-state index contributed by atoms with van der Waals surface area (Å²) in [5.74, 6) is 0. The summed E-state index contributed by atoms with van der Waals surface area (Å²) in [7, 11) is -0.955. The molecular formula is C24H18I2Se2. The fourth-order valence-electron chi connectivity index (χ4n) is 3.85. The molecule has 140 valence electrons. The van der Waals surface area contributed by atoms with Gasteiger partial charge in [0.1, 0.15) is 0 Å². The van der Waals surface area contributed by atoms with E-state index in [2.05, 4.69) is 104 Å². The van der Waals surface area contributed by atoms with Crippen LogP contribution in [0.25, 0.3) is 10.8 Å². The number of rotatable bonds is 5. The van der Waals surface area contributed by atoms with Gasteiger partial charge in [-0.1, -0.05) is 0 Å². The number of benzene rings is 4. The van der Waals surface area contributed by atoms with Gasteiger partial charge in [-0.2, -0.15) is 0 Å². The Morgan fingerprint density at radius 3 is 2.04 bits per heavy atom. The van der Waals surface area contributed by atoms with Gasteiger partial charge in [0, 0.05) is 0 Å². The molecule has 0 saturated heterocycles. The first-order valence-corrected chi connectivity index (χ1v) is 24.1. The Morgan fingerprint density at radius 1 is 0.714 bits per heavy atom. The first-order chi connectivity index (χ1) is 13.8. The van der Waals surface area contributed by atoms with Crippen molar-refractivity contribution in [3.8, 4) is 0 Å². The molecule has 0 fully saturated rings. The van der Waals surface area contributed by atoms with Crippen LogP contribution in [-0.2, 0) is 12.8 Å². The molecular weight excluding hydrogens is 700 g/mol. The summed E-state index contributed by atoms with van der Waals surface area (Å²) < 4.78 is 6.33. The monoisotopic (exact) mass is 720 g/mol. The molecule has 0 nitrogen and oxygen atoms in total. The molecule has 4 aromatic carbocycles. The van der Waals surface area contributed by atoms with Crippen molar-refractivity contribution < 1.29 is 15.0 Å². The van der Waals surface area contributed by atoms with Gasteiger partial charge in [0.05, 0.1) is 0 Å². The van der Waals surface area contributed by atoms with Crippen LogP contribution in [0.5, 0.6) is 0 Å². The van der Waals surface area contributed by atoms with Crippen molar-refractivity contribution in [1.29, 1.82) is 0 Å². The van der Waals surface area contributed by atoms with Crippen molar-refractivity contribution in [3.05, 3.63) is 96.1 Å². The molecule has 0 radical (unpaired) electrons. The van der Waals surface area contributed by atoms with Gasteiger partial charge in [0.25, 0.3) is 0 Å². The normalized spacial score (nSPS) is 13.9. The van der Waals surface area contributed by atoms with E-state index in [0.29, 0.717) is 15.0 Å². The first-order valence-electron chi connectivity index (χ1n) is 9.21. The van der Waals surface area contributed by atoms with Crippen LogP contribution in [0.15, 0.2) is 84.9 Å². The van der Waals surface area contributed by atoms with E-state index in [1.807, 2.05) is 0 Å². The molecule has 0 N–H and O–H groups in total. The number of aryl methyl sites for hydroxylation is 2. The van der Waals surface area contributed by atoms with Crippen LogP contribution >= 0.6 is 18.6 Å². The molecule has 0 aromatic heterocycles. The second-order valence-electron chi connectivity index (χ2n) is 6.74. The van der Waals surface area contributed by atoms with E-state index in [1.165, 1.54) is 17.3 Å². The molecule has 0 aliphatic heterocycles. The van der Waals surface area contributed by atoms with E-state index in [1.54, 1.807) is 35.3 Å². The molecule has 1 unspecified atom stereocenters. The van der Waals surface area contributed by atoms with E-state index in [0.717, 1.165) is 0 Å². The Bertz CT molecular complexity index is 1120. The second-order valence-corrected chi connectivity index (χ2v) is 30.2. The maximum atomic E-state index is 2.73. The number of hydrogen-bond acceptors (Lipinski definition) is 0. The average molecular weight is 718 g/mol. The third-order valence-electron chi connectivity index (χ3n) is 5.09. The van der Waals surface area contributed by atoms with Gasteiger partial charge in [-0.05, 0) is 0 Å². The van der Waals surface area contributed by atoms with Crippen LogP contribution in [0.1, 0.15) is 11.1 Å². The third-order valence-corrected chi connectivity index (χ3v) is 29.0. The molecule has 4 aromatic rings. The van der Waals surface area contributed by atoms with E-state index in [9.17, 15) is 0 Å². The van der Waals surface area contributed by atoms with E-state index < -0.39 is 10.7 Å². The molecule has 0 saturated carbocycles. The molecule has 5 rings (SSSR count). The Hall–Kier alpha value is -0.361. The van der Waals surface area contributed by atoms with Gasteiger partial charge in [-0.15, -0.1) is 0 Å². The van der Waals surface area contributed by atoms with Crippen LogP contribution in [-0.4, -0.2) is 25.6 Å². The summed E-state index contributed by atoms with van der Waals surface area (Å²) in [5, 5.41) is 3.23. The van der Waals surface area contributed by atoms with Gasteiger partial charge < -0.3 is 0 Å². The zero-order chi connectivity index (χ0) is 18.9. The van der Waals surface area contributed by atoms with E-state index in [4.69, 9.17) is 0 Å². The SMILES string of the molecule is I[I-][Se+](c1ccccc1)c1ccc2c3c(ccc([Se]c4ccccc4)c13)CC2. The third kappa shape index (κ3) is 3.73. The zero-order valence-corrected chi connectivity index (χ0v) is 22.8. The van der Waals surface area contributed by atoms with Gasteiger partial charge >= 0.3 is 197 Å². The van der Waals surface area contributed by atoms with Crippen LogP contribution in [0.2, 0.25) is 0 Å². The Balaban J connectivity index is 1.73. The van der Waals surface area contributed by atoms with Gasteiger partial charge in [0.2, 0.25) is 0 Å². The van der Waals surface area contributed by atoms with Crippen molar-refractivity contribution in [3.63, 3.8) is 0 Å². The van der Waals surface area contributed by atoms with Crippen LogP contribution in [0.4, 0.5) is 0 Å². The van der Waals surface area contributed by atoms with E-state index >= 15 is 0 Å². The molecule has 0 bridgehead atoms. The van der Waals surface area contributed by atoms with Crippen LogP contribution < -0.4 is 32.8 Å². The predicted octanol–water partition coefficient (Wildman–Crippen LogP) is 0.138. The second kappa shape index (κ2) is 8.79. The summed E-state index contributed by atoms with van der Waals surface area (Å²) in [4.78, 5) is 0. The minimum absolute atomic E-state index is 0.139. The molecule has 0 amide bonds. The fraction of sp³-hybridized carbons (Fsp3) is 0.0833. The van der Waals surface area contributed by atoms with Gasteiger partial charge in [0.15, 0.2) is 0 Å². The zero-order valence-electron chi connectivity index (χ0n) is 15.1. The summed E-state index contributed by atoms with van der Waals surface area (Å²) in [6, 6.07) is 32.2. The van der Waals surface area contributed by atoms with Gasteiger partial charge in [-0.25, -0.2) is 0 Å². The molecule has 0 heterocycles. The fourth-order valence-corrected chi connectivity index (χ4v) is 27.4. The minimum atomic E-state index is -0.955. The van der Waals surface area contributed by atoms with E-state index in [-0.39, 0.29) is 15.0 Å². The maximum absolute atomic E-state index is 2.73. The molecule has 1 aliphatic rings. The molecule has 28 heavy (non-hydrogen) atoms. The quantitative estimate of drug-likeness (QED) is 0.204. The molecule has 0 spiro atoms. The Kier molecular flexibility index (Phi) is 6.15. The average Bonchev–Trinajstić information content (AvgIpc) is 3.17. The summed E-state index contributed by atoms with van der Waals surface area (Å²) in [6.07, 6.45) is 2.42. The molecule has 1 atom stereocenters. The Morgan fingerprint density at radius 2 is 1.36 bits per heavy atom. The van der Waals surface area contributed by atoms with Crippen molar-refractivity contribution in [1.82, 2.24) is 0 Å². The van der Waals surface area contributed by atoms with Crippen molar-refractivity contribution in [2.24, 2.45) is 0 Å². The first kappa shape index (κ1) is 19.6. The number of halogens is 2. The van der Waals surface area contributed by atoms with Crippen molar-refractivity contribution in [2.75, 3.05) is 0 Å². The Labute approximate surface area is 194 Å². The predicted molar refractivity (Wildman–Crippen MR) is 128 cm³/mol. The van der Waals surface area contributed by atoms with Crippen molar-refractivity contribution in [2.45, 2.75) is 12.8 Å².